The predicted octanol–water partition coefficient (Wildman–Crippen LogP) is 2.05. The molecule has 0 aromatic heterocycles. The number of carbonyl (C=O) groups excluding carboxylic acids is 2. The van der Waals surface area contributed by atoms with Crippen molar-refractivity contribution in [2.45, 2.75) is 13.0 Å². The summed E-state index contributed by atoms with van der Waals surface area (Å²) in [6.45, 7) is 4.37. The van der Waals surface area contributed by atoms with E-state index in [1.165, 1.54) is 5.56 Å². The molecule has 7 nitrogen and oxygen atoms in total. The van der Waals surface area contributed by atoms with Gasteiger partial charge in [-0.2, -0.15) is 0 Å². The van der Waals surface area contributed by atoms with Crippen LogP contribution in [0.3, 0.4) is 0 Å². The minimum atomic E-state index is 0.0589. The first-order chi connectivity index (χ1) is 15.1. The topological polar surface area (TPSA) is 62.3 Å². The lowest BCUT2D eigenvalue weighted by molar-refractivity contribution is -0.133. The molecule has 0 saturated carbocycles. The molecule has 2 aliphatic heterocycles. The lowest BCUT2D eigenvalue weighted by Gasteiger charge is -2.36. The van der Waals surface area contributed by atoms with E-state index in [1.54, 1.807) is 14.2 Å². The summed E-state index contributed by atoms with van der Waals surface area (Å²) in [6.07, 6.45) is 0.806. The molecule has 0 radical (unpaired) electrons. The number of fused-ring (bicyclic) bond motifs is 1. The van der Waals surface area contributed by atoms with E-state index in [-0.39, 0.29) is 11.8 Å². The summed E-state index contributed by atoms with van der Waals surface area (Å²) in [5.41, 5.74) is 3.02. The Morgan fingerprint density at radius 3 is 2.13 bits per heavy atom. The highest BCUT2D eigenvalue weighted by atomic mass is 16.5. The fraction of sp³-hybridized carbons (Fsp3) is 0.417. The van der Waals surface area contributed by atoms with Crippen LogP contribution in [0.1, 0.15) is 21.5 Å². The molecule has 0 atom stereocenters. The van der Waals surface area contributed by atoms with Crippen LogP contribution >= 0.6 is 0 Å². The molecule has 0 unspecified atom stereocenters. The van der Waals surface area contributed by atoms with E-state index < -0.39 is 0 Å². The molecular formula is C24H29N3O4. The van der Waals surface area contributed by atoms with Crippen LogP contribution < -0.4 is 9.47 Å². The van der Waals surface area contributed by atoms with Crippen molar-refractivity contribution >= 4 is 11.8 Å². The van der Waals surface area contributed by atoms with Crippen molar-refractivity contribution in [3.63, 3.8) is 0 Å². The minimum Gasteiger partial charge on any atom is -0.493 e. The average molecular weight is 424 g/mol. The van der Waals surface area contributed by atoms with E-state index >= 15 is 0 Å². The molecule has 1 fully saturated rings. The first-order valence-corrected chi connectivity index (χ1v) is 10.7. The number of benzene rings is 2. The van der Waals surface area contributed by atoms with Gasteiger partial charge in [0.1, 0.15) is 0 Å². The van der Waals surface area contributed by atoms with Crippen molar-refractivity contribution in [1.82, 2.24) is 14.7 Å². The Bertz CT molecular complexity index is 939. The fourth-order valence-electron chi connectivity index (χ4n) is 4.26. The predicted molar refractivity (Wildman–Crippen MR) is 117 cm³/mol. The molecule has 2 aromatic rings. The van der Waals surface area contributed by atoms with Crippen LogP contribution in [0.2, 0.25) is 0 Å². The molecule has 2 aromatic carbocycles. The Morgan fingerprint density at radius 1 is 0.839 bits per heavy atom. The second kappa shape index (κ2) is 9.39. The van der Waals surface area contributed by atoms with Gasteiger partial charge in [-0.05, 0) is 41.8 Å². The van der Waals surface area contributed by atoms with Crippen molar-refractivity contribution in [1.29, 1.82) is 0 Å². The molecule has 31 heavy (non-hydrogen) atoms. The van der Waals surface area contributed by atoms with Gasteiger partial charge in [0.05, 0.1) is 20.8 Å². The standard InChI is InChI=1S/C24H29N3O4/c1-30-21-14-19-8-9-27(16-20(19)15-22(21)31-2)23(28)17-25-10-12-26(13-11-25)24(29)18-6-4-3-5-7-18/h3-7,14-15H,8-13,16-17H2,1-2H3. The van der Waals surface area contributed by atoms with Crippen molar-refractivity contribution in [3.05, 3.63) is 59.2 Å². The Hall–Kier alpha value is -3.06. The third-order valence-electron chi connectivity index (χ3n) is 6.11. The van der Waals surface area contributed by atoms with Gasteiger partial charge in [-0.25, -0.2) is 0 Å². The molecule has 164 valence electrons. The zero-order valence-corrected chi connectivity index (χ0v) is 18.2. The van der Waals surface area contributed by atoms with Crippen molar-refractivity contribution in [2.75, 3.05) is 53.5 Å². The molecule has 7 heteroatoms. The lowest BCUT2D eigenvalue weighted by Crippen LogP contribution is -2.52. The Morgan fingerprint density at radius 2 is 1.48 bits per heavy atom. The zero-order chi connectivity index (χ0) is 21.8. The first kappa shape index (κ1) is 21.2. The number of hydrogen-bond donors (Lipinski definition) is 0. The highest BCUT2D eigenvalue weighted by Gasteiger charge is 2.27. The number of methoxy groups -OCH3 is 2. The van der Waals surface area contributed by atoms with E-state index in [0.29, 0.717) is 57.1 Å². The third kappa shape index (κ3) is 4.66. The number of amides is 2. The van der Waals surface area contributed by atoms with E-state index in [2.05, 4.69) is 4.90 Å². The summed E-state index contributed by atoms with van der Waals surface area (Å²) in [4.78, 5) is 31.5. The number of hydrogen-bond acceptors (Lipinski definition) is 5. The summed E-state index contributed by atoms with van der Waals surface area (Å²) in [6, 6.07) is 13.3. The van der Waals surface area contributed by atoms with Crippen molar-refractivity contribution in [3.8, 4) is 11.5 Å². The summed E-state index contributed by atoms with van der Waals surface area (Å²) in [5.74, 6) is 1.60. The van der Waals surface area contributed by atoms with Crippen LogP contribution in [0.4, 0.5) is 0 Å². The summed E-state index contributed by atoms with van der Waals surface area (Å²) in [5, 5.41) is 0. The molecule has 2 heterocycles. The minimum absolute atomic E-state index is 0.0589. The second-order valence-corrected chi connectivity index (χ2v) is 7.98. The van der Waals surface area contributed by atoms with Gasteiger partial charge >= 0.3 is 0 Å². The molecule has 2 amide bonds. The van der Waals surface area contributed by atoms with Gasteiger partial charge in [0.15, 0.2) is 11.5 Å². The van der Waals surface area contributed by atoms with Gasteiger partial charge in [-0.3, -0.25) is 14.5 Å². The van der Waals surface area contributed by atoms with Gasteiger partial charge in [-0.1, -0.05) is 18.2 Å². The first-order valence-electron chi connectivity index (χ1n) is 10.7. The van der Waals surface area contributed by atoms with E-state index in [4.69, 9.17) is 9.47 Å². The van der Waals surface area contributed by atoms with Crippen LogP contribution in [0.25, 0.3) is 0 Å². The largest absolute Gasteiger partial charge is 0.493 e. The smallest absolute Gasteiger partial charge is 0.253 e. The SMILES string of the molecule is COc1cc2c(cc1OC)CN(C(=O)CN1CCN(C(=O)c3ccccc3)CC1)CC2. The molecule has 0 N–H and O–H groups in total. The second-order valence-electron chi connectivity index (χ2n) is 7.98. The van der Waals surface area contributed by atoms with Crippen LogP contribution in [0, 0.1) is 0 Å². The zero-order valence-electron chi connectivity index (χ0n) is 18.2. The van der Waals surface area contributed by atoms with Crippen LogP contribution in [0.5, 0.6) is 11.5 Å². The number of piperazine rings is 1. The molecule has 1 saturated heterocycles. The maximum atomic E-state index is 12.9. The highest BCUT2D eigenvalue weighted by Crippen LogP contribution is 2.33. The molecule has 2 aliphatic rings. The molecule has 4 rings (SSSR count). The van der Waals surface area contributed by atoms with E-state index in [1.807, 2.05) is 52.3 Å². The monoisotopic (exact) mass is 423 g/mol. The Balaban J connectivity index is 1.31. The number of ether oxygens (including phenoxy) is 2. The van der Waals surface area contributed by atoms with E-state index in [0.717, 1.165) is 17.7 Å². The average Bonchev–Trinajstić information content (AvgIpc) is 2.83. The lowest BCUT2D eigenvalue weighted by atomic mass is 9.98. The van der Waals surface area contributed by atoms with Crippen LogP contribution in [0.15, 0.2) is 42.5 Å². The normalized spacial score (nSPS) is 16.6. The van der Waals surface area contributed by atoms with E-state index in [9.17, 15) is 9.59 Å². The number of rotatable bonds is 5. The Kier molecular flexibility index (Phi) is 6.42. The number of nitrogens with zero attached hydrogens (tertiary/aromatic N) is 3. The van der Waals surface area contributed by atoms with Gasteiger partial charge in [-0.15, -0.1) is 0 Å². The molecule has 0 spiro atoms. The van der Waals surface area contributed by atoms with Crippen molar-refractivity contribution < 1.29 is 19.1 Å². The van der Waals surface area contributed by atoms with Crippen LogP contribution in [-0.4, -0.2) is 80.0 Å². The summed E-state index contributed by atoms with van der Waals surface area (Å²) in [7, 11) is 3.26. The quantitative estimate of drug-likeness (QED) is 0.737. The maximum Gasteiger partial charge on any atom is 0.253 e. The summed E-state index contributed by atoms with van der Waals surface area (Å²) >= 11 is 0. The van der Waals surface area contributed by atoms with Gasteiger partial charge in [0.2, 0.25) is 5.91 Å². The third-order valence-corrected chi connectivity index (χ3v) is 6.11. The fourth-order valence-corrected chi connectivity index (χ4v) is 4.26. The van der Waals surface area contributed by atoms with Gasteiger partial charge in [0, 0.05) is 44.8 Å². The van der Waals surface area contributed by atoms with Gasteiger partial charge in [0.25, 0.3) is 5.91 Å². The highest BCUT2D eigenvalue weighted by molar-refractivity contribution is 5.94. The molecule has 0 aliphatic carbocycles. The van der Waals surface area contributed by atoms with Crippen LogP contribution in [-0.2, 0) is 17.8 Å². The summed E-state index contributed by atoms with van der Waals surface area (Å²) < 4.78 is 10.8. The van der Waals surface area contributed by atoms with Gasteiger partial charge < -0.3 is 19.3 Å². The maximum absolute atomic E-state index is 12.9. The molecular weight excluding hydrogens is 394 g/mol. The Labute approximate surface area is 183 Å². The molecule has 0 bridgehead atoms. The number of carbonyl (C=O) groups is 2. The van der Waals surface area contributed by atoms with Crippen molar-refractivity contribution in [2.24, 2.45) is 0 Å².